The zero-order valence-electron chi connectivity index (χ0n) is 19.5. The Morgan fingerprint density at radius 3 is 2.81 bits per heavy atom. The molecule has 0 spiro atoms. The minimum absolute atomic E-state index is 0.141. The van der Waals surface area contributed by atoms with Gasteiger partial charge >= 0.3 is 0 Å². The van der Waals surface area contributed by atoms with Crippen LogP contribution < -0.4 is 10.1 Å². The van der Waals surface area contributed by atoms with Gasteiger partial charge in [0.25, 0.3) is 0 Å². The molecule has 1 unspecified atom stereocenters. The van der Waals surface area contributed by atoms with Crippen LogP contribution in [0.4, 0.5) is 8.78 Å². The summed E-state index contributed by atoms with van der Waals surface area (Å²) in [4.78, 5) is 21.4. The van der Waals surface area contributed by atoms with E-state index in [1.807, 2.05) is 31.3 Å². The van der Waals surface area contributed by atoms with Crippen molar-refractivity contribution in [2.75, 3.05) is 7.05 Å². The fraction of sp³-hybridized carbons (Fsp3) is 0.143. The van der Waals surface area contributed by atoms with Crippen molar-refractivity contribution >= 4 is 17.2 Å². The summed E-state index contributed by atoms with van der Waals surface area (Å²) in [6.45, 7) is 0. The molecule has 1 atom stereocenters. The SMILES string of the molecule is CNC(c1cccc(CCC=O)c1)c1cnc(-c2cccc(Oc3c(F)cc4[nH]ccc4c3F)c2)[nH]1. The number of aldehydes is 1. The van der Waals surface area contributed by atoms with Crippen molar-refractivity contribution in [1.29, 1.82) is 0 Å². The fourth-order valence-electron chi connectivity index (χ4n) is 4.32. The van der Waals surface area contributed by atoms with Crippen LogP contribution in [0.25, 0.3) is 22.3 Å². The van der Waals surface area contributed by atoms with Crippen LogP contribution in [0.1, 0.15) is 29.3 Å². The molecular weight excluding hydrogens is 462 g/mol. The number of carbonyl (C=O) groups excluding carboxylic acids is 1. The molecule has 0 fully saturated rings. The summed E-state index contributed by atoms with van der Waals surface area (Å²) in [6, 6.07) is 17.6. The van der Waals surface area contributed by atoms with E-state index in [-0.39, 0.29) is 17.2 Å². The van der Waals surface area contributed by atoms with Crippen molar-refractivity contribution in [3.63, 3.8) is 0 Å². The Kier molecular flexibility index (Phi) is 6.60. The van der Waals surface area contributed by atoms with E-state index in [2.05, 4.69) is 26.3 Å². The second kappa shape index (κ2) is 10.1. The molecule has 3 aromatic carbocycles. The number of rotatable bonds is 9. The number of nitrogens with zero attached hydrogens (tertiary/aromatic N) is 1. The number of aromatic amines is 2. The Balaban J connectivity index is 1.40. The molecule has 0 aliphatic carbocycles. The van der Waals surface area contributed by atoms with E-state index in [0.29, 0.717) is 29.7 Å². The third-order valence-corrected chi connectivity index (χ3v) is 6.06. The first-order valence-corrected chi connectivity index (χ1v) is 11.6. The molecule has 0 saturated carbocycles. The van der Waals surface area contributed by atoms with Gasteiger partial charge in [-0.25, -0.2) is 13.8 Å². The topological polar surface area (TPSA) is 82.8 Å². The predicted molar refractivity (Wildman–Crippen MR) is 134 cm³/mol. The standard InChI is InChI=1S/C28H24F2N4O2/c1-31-26(18-7-2-5-17(13-18)6-4-12-35)24-16-33-28(34-24)19-8-3-9-20(14-19)36-27-22(29)15-23-21(25(27)30)10-11-32-23/h2-3,5,7-16,26,31-32H,4,6H2,1H3,(H,33,34). The van der Waals surface area contributed by atoms with Crippen LogP contribution in [0.2, 0.25) is 0 Å². The summed E-state index contributed by atoms with van der Waals surface area (Å²) in [5, 5.41) is 3.56. The highest BCUT2D eigenvalue weighted by Gasteiger charge is 2.18. The highest BCUT2D eigenvalue weighted by molar-refractivity contribution is 5.82. The van der Waals surface area contributed by atoms with Crippen molar-refractivity contribution in [3.05, 3.63) is 102 Å². The van der Waals surface area contributed by atoms with Crippen LogP contribution in [0.3, 0.4) is 0 Å². The number of hydrogen-bond donors (Lipinski definition) is 3. The number of imidazole rings is 1. The predicted octanol–water partition coefficient (Wildman–Crippen LogP) is 6.07. The highest BCUT2D eigenvalue weighted by atomic mass is 19.1. The molecule has 2 aromatic heterocycles. The number of aryl methyl sites for hydroxylation is 1. The third-order valence-electron chi connectivity index (χ3n) is 6.06. The van der Waals surface area contributed by atoms with Gasteiger partial charge < -0.3 is 24.8 Å². The lowest BCUT2D eigenvalue weighted by molar-refractivity contribution is -0.107. The van der Waals surface area contributed by atoms with Crippen molar-refractivity contribution < 1.29 is 18.3 Å². The van der Waals surface area contributed by atoms with E-state index in [1.165, 1.54) is 12.1 Å². The van der Waals surface area contributed by atoms with Crippen molar-refractivity contribution in [2.45, 2.75) is 18.9 Å². The summed E-state index contributed by atoms with van der Waals surface area (Å²) < 4.78 is 35.0. The van der Waals surface area contributed by atoms with Gasteiger partial charge in [-0.1, -0.05) is 36.4 Å². The maximum atomic E-state index is 14.8. The van der Waals surface area contributed by atoms with Crippen LogP contribution in [0.15, 0.2) is 73.1 Å². The molecule has 0 aliphatic rings. The fourth-order valence-corrected chi connectivity index (χ4v) is 4.32. The van der Waals surface area contributed by atoms with Gasteiger partial charge in [-0.3, -0.25) is 0 Å². The lowest BCUT2D eigenvalue weighted by Crippen LogP contribution is -2.18. The van der Waals surface area contributed by atoms with Gasteiger partial charge in [0.15, 0.2) is 17.4 Å². The number of nitrogens with one attached hydrogen (secondary N) is 3. The second-order valence-corrected chi connectivity index (χ2v) is 8.43. The number of halogens is 2. The summed E-state index contributed by atoms with van der Waals surface area (Å²) in [5.41, 5.74) is 4.04. The number of H-pyrrole nitrogens is 2. The van der Waals surface area contributed by atoms with Gasteiger partial charge in [-0.2, -0.15) is 0 Å². The number of hydrogen-bond acceptors (Lipinski definition) is 4. The Hall–Kier alpha value is -4.30. The minimum Gasteiger partial charge on any atom is -0.451 e. The zero-order chi connectivity index (χ0) is 25.1. The van der Waals surface area contributed by atoms with Gasteiger partial charge in [0.2, 0.25) is 0 Å². The first-order chi connectivity index (χ1) is 17.6. The van der Waals surface area contributed by atoms with Crippen LogP contribution >= 0.6 is 0 Å². The Morgan fingerprint density at radius 1 is 1.11 bits per heavy atom. The number of aromatic nitrogens is 3. The Bertz CT molecular complexity index is 1530. The van der Waals surface area contributed by atoms with Gasteiger partial charge in [0, 0.05) is 29.6 Å². The molecule has 8 heteroatoms. The van der Waals surface area contributed by atoms with E-state index >= 15 is 0 Å². The molecule has 0 aliphatic heterocycles. The summed E-state index contributed by atoms with van der Waals surface area (Å²) in [6.07, 6.45) is 5.38. The van der Waals surface area contributed by atoms with Crippen LogP contribution in [-0.4, -0.2) is 28.3 Å². The summed E-state index contributed by atoms with van der Waals surface area (Å²) >= 11 is 0. The van der Waals surface area contributed by atoms with Crippen molar-refractivity contribution in [3.8, 4) is 22.9 Å². The molecule has 36 heavy (non-hydrogen) atoms. The second-order valence-electron chi connectivity index (χ2n) is 8.43. The van der Waals surface area contributed by atoms with Gasteiger partial charge in [0.1, 0.15) is 17.9 Å². The minimum atomic E-state index is -0.791. The number of fused-ring (bicyclic) bond motifs is 1. The van der Waals surface area contributed by atoms with E-state index < -0.39 is 17.4 Å². The maximum Gasteiger partial charge on any atom is 0.199 e. The average molecular weight is 487 g/mol. The first-order valence-electron chi connectivity index (χ1n) is 11.6. The highest BCUT2D eigenvalue weighted by Crippen LogP contribution is 2.34. The van der Waals surface area contributed by atoms with Crippen molar-refractivity contribution in [1.82, 2.24) is 20.3 Å². The van der Waals surface area contributed by atoms with Gasteiger partial charge in [-0.05, 0) is 42.8 Å². The summed E-state index contributed by atoms with van der Waals surface area (Å²) in [5.74, 6) is -1.13. The Labute approximate surface area is 206 Å². The third kappa shape index (κ3) is 4.63. The lowest BCUT2D eigenvalue weighted by atomic mass is 10.00. The van der Waals surface area contributed by atoms with E-state index in [0.717, 1.165) is 23.1 Å². The molecule has 5 aromatic rings. The van der Waals surface area contributed by atoms with Crippen LogP contribution in [0, 0.1) is 11.6 Å². The molecule has 182 valence electrons. The summed E-state index contributed by atoms with van der Waals surface area (Å²) in [7, 11) is 1.86. The normalized spacial score (nSPS) is 12.1. The number of ether oxygens (including phenoxy) is 1. The molecule has 5 rings (SSSR count). The van der Waals surface area contributed by atoms with Crippen molar-refractivity contribution in [2.24, 2.45) is 0 Å². The molecule has 0 saturated heterocycles. The van der Waals surface area contributed by atoms with Gasteiger partial charge in [0.05, 0.1) is 23.4 Å². The molecule has 0 radical (unpaired) electrons. The molecule has 2 heterocycles. The smallest absolute Gasteiger partial charge is 0.199 e. The maximum absolute atomic E-state index is 14.8. The van der Waals surface area contributed by atoms with E-state index in [4.69, 9.17) is 4.74 Å². The zero-order valence-corrected chi connectivity index (χ0v) is 19.5. The van der Waals surface area contributed by atoms with E-state index in [1.54, 1.807) is 30.6 Å². The Morgan fingerprint density at radius 2 is 1.97 bits per heavy atom. The number of benzene rings is 3. The molecule has 0 amide bonds. The first kappa shape index (κ1) is 23.4. The quantitative estimate of drug-likeness (QED) is 0.221. The van der Waals surface area contributed by atoms with E-state index in [9.17, 15) is 13.6 Å². The largest absolute Gasteiger partial charge is 0.451 e. The van der Waals surface area contributed by atoms with Crippen LogP contribution in [-0.2, 0) is 11.2 Å². The lowest BCUT2D eigenvalue weighted by Gasteiger charge is -2.16. The van der Waals surface area contributed by atoms with Gasteiger partial charge in [-0.15, -0.1) is 0 Å². The monoisotopic (exact) mass is 486 g/mol. The molecular formula is C28H24F2N4O2. The van der Waals surface area contributed by atoms with Crippen LogP contribution in [0.5, 0.6) is 11.5 Å². The average Bonchev–Trinajstić information content (AvgIpc) is 3.57. The molecule has 6 nitrogen and oxygen atoms in total. The number of carbonyl (C=O) groups is 1. The molecule has 3 N–H and O–H groups in total. The molecule has 0 bridgehead atoms.